The summed E-state index contributed by atoms with van der Waals surface area (Å²) in [4.78, 5) is 37.4. The lowest BCUT2D eigenvalue weighted by molar-refractivity contribution is -0.118. The molecule has 0 saturated heterocycles. The Balaban J connectivity index is 1.82. The van der Waals surface area contributed by atoms with Gasteiger partial charge < -0.3 is 25.4 Å². The fourth-order valence-electron chi connectivity index (χ4n) is 3.10. The molecule has 0 bridgehead atoms. The molecule has 3 amide bonds. The van der Waals surface area contributed by atoms with Crippen LogP contribution < -0.4 is 25.4 Å². The summed E-state index contributed by atoms with van der Waals surface area (Å²) in [5, 5.41) is 8.38. The van der Waals surface area contributed by atoms with Crippen LogP contribution in [0.1, 0.15) is 34.6 Å². The second-order valence-electron chi connectivity index (χ2n) is 7.75. The highest BCUT2D eigenvalue weighted by molar-refractivity contribution is 6.08. The number of carbonyl (C=O) groups excluding carboxylic acids is 3. The molecule has 0 aromatic heterocycles. The van der Waals surface area contributed by atoms with Crippen molar-refractivity contribution in [2.45, 2.75) is 13.8 Å². The molecular weight excluding hydrogens is 434 g/mol. The van der Waals surface area contributed by atoms with Crippen LogP contribution in [0.2, 0.25) is 0 Å². The smallest absolute Gasteiger partial charge is 0.255 e. The van der Waals surface area contributed by atoms with Gasteiger partial charge in [-0.1, -0.05) is 38.1 Å². The summed E-state index contributed by atoms with van der Waals surface area (Å²) >= 11 is 0. The van der Waals surface area contributed by atoms with E-state index in [9.17, 15) is 14.4 Å². The number of rotatable bonds is 8. The van der Waals surface area contributed by atoms with Gasteiger partial charge in [-0.25, -0.2) is 0 Å². The van der Waals surface area contributed by atoms with E-state index in [1.165, 1.54) is 14.2 Å². The van der Waals surface area contributed by atoms with Gasteiger partial charge in [-0.05, 0) is 30.3 Å². The number of hydrogen-bond acceptors (Lipinski definition) is 5. The van der Waals surface area contributed by atoms with Gasteiger partial charge in [0.25, 0.3) is 11.8 Å². The number of carbonyl (C=O) groups is 3. The predicted molar refractivity (Wildman–Crippen MR) is 132 cm³/mol. The largest absolute Gasteiger partial charge is 0.494 e. The second kappa shape index (κ2) is 11.0. The summed E-state index contributed by atoms with van der Waals surface area (Å²) in [5.41, 5.74) is 2.12. The van der Waals surface area contributed by atoms with Gasteiger partial charge >= 0.3 is 0 Å². The molecule has 3 rings (SSSR count). The zero-order valence-corrected chi connectivity index (χ0v) is 19.5. The molecule has 0 spiro atoms. The number of hydrogen-bond donors (Lipinski definition) is 3. The van der Waals surface area contributed by atoms with Gasteiger partial charge in [-0.15, -0.1) is 0 Å². The van der Waals surface area contributed by atoms with Crippen molar-refractivity contribution in [3.8, 4) is 11.5 Å². The van der Waals surface area contributed by atoms with Crippen LogP contribution >= 0.6 is 0 Å². The minimum Gasteiger partial charge on any atom is -0.494 e. The van der Waals surface area contributed by atoms with E-state index >= 15 is 0 Å². The third-order valence-electron chi connectivity index (χ3n) is 4.97. The molecule has 0 heterocycles. The molecule has 0 aliphatic heterocycles. The maximum absolute atomic E-state index is 12.9. The van der Waals surface area contributed by atoms with Gasteiger partial charge in [-0.2, -0.15) is 0 Å². The molecule has 176 valence electrons. The molecule has 0 aliphatic carbocycles. The summed E-state index contributed by atoms with van der Waals surface area (Å²) in [6.07, 6.45) is 0. The normalized spacial score (nSPS) is 10.4. The third kappa shape index (κ3) is 5.92. The molecular formula is C26H27N3O5. The van der Waals surface area contributed by atoms with Gasteiger partial charge in [0, 0.05) is 34.9 Å². The first kappa shape index (κ1) is 24.3. The van der Waals surface area contributed by atoms with Crippen molar-refractivity contribution in [2.75, 3.05) is 30.2 Å². The quantitative estimate of drug-likeness (QED) is 0.447. The highest BCUT2D eigenvalue weighted by atomic mass is 16.5. The van der Waals surface area contributed by atoms with Gasteiger partial charge in [0.05, 0.1) is 25.6 Å². The van der Waals surface area contributed by atoms with E-state index in [1.807, 2.05) is 6.07 Å². The van der Waals surface area contributed by atoms with Crippen LogP contribution in [0.5, 0.6) is 11.5 Å². The molecule has 34 heavy (non-hydrogen) atoms. The second-order valence-corrected chi connectivity index (χ2v) is 7.75. The zero-order chi connectivity index (χ0) is 24.7. The van der Waals surface area contributed by atoms with E-state index in [0.29, 0.717) is 39.7 Å². The molecule has 0 atom stereocenters. The highest BCUT2D eigenvalue weighted by Crippen LogP contribution is 2.37. The van der Waals surface area contributed by atoms with E-state index in [4.69, 9.17) is 9.47 Å². The van der Waals surface area contributed by atoms with Crippen molar-refractivity contribution >= 4 is 34.8 Å². The van der Waals surface area contributed by atoms with Crippen LogP contribution in [0.4, 0.5) is 17.1 Å². The van der Waals surface area contributed by atoms with Crippen molar-refractivity contribution in [1.29, 1.82) is 0 Å². The van der Waals surface area contributed by atoms with Crippen molar-refractivity contribution in [2.24, 2.45) is 5.92 Å². The monoisotopic (exact) mass is 461 g/mol. The van der Waals surface area contributed by atoms with Crippen LogP contribution in [0.25, 0.3) is 0 Å². The molecule has 3 aromatic carbocycles. The first-order valence-electron chi connectivity index (χ1n) is 10.7. The fraction of sp³-hybridized carbons (Fsp3) is 0.192. The van der Waals surface area contributed by atoms with E-state index in [0.717, 1.165) is 0 Å². The first-order valence-corrected chi connectivity index (χ1v) is 10.7. The van der Waals surface area contributed by atoms with E-state index in [1.54, 1.807) is 74.5 Å². The van der Waals surface area contributed by atoms with Crippen LogP contribution in [-0.2, 0) is 4.79 Å². The molecule has 0 aliphatic rings. The lowest BCUT2D eigenvalue weighted by Gasteiger charge is -2.16. The SMILES string of the molecule is COc1cc(NC(=O)c2cccc(NC(=O)C(C)C)c2)c(OC)cc1NC(=O)c1ccccc1. The number of amides is 3. The number of ether oxygens (including phenoxy) is 2. The number of methoxy groups -OCH3 is 2. The zero-order valence-electron chi connectivity index (χ0n) is 19.5. The predicted octanol–water partition coefficient (Wildman–Crippen LogP) is 4.80. The average Bonchev–Trinajstić information content (AvgIpc) is 2.85. The minimum absolute atomic E-state index is 0.142. The van der Waals surface area contributed by atoms with Crippen LogP contribution in [0, 0.1) is 5.92 Å². The van der Waals surface area contributed by atoms with E-state index in [-0.39, 0.29) is 17.7 Å². The third-order valence-corrected chi connectivity index (χ3v) is 4.97. The molecule has 0 unspecified atom stereocenters. The topological polar surface area (TPSA) is 106 Å². The summed E-state index contributed by atoms with van der Waals surface area (Å²) in [6, 6.07) is 18.5. The Hall–Kier alpha value is -4.33. The fourth-order valence-corrected chi connectivity index (χ4v) is 3.10. The van der Waals surface area contributed by atoms with Gasteiger partial charge in [0.1, 0.15) is 11.5 Å². The van der Waals surface area contributed by atoms with Crippen molar-refractivity contribution in [3.05, 3.63) is 77.9 Å². The van der Waals surface area contributed by atoms with Crippen molar-refractivity contribution in [1.82, 2.24) is 0 Å². The Bertz CT molecular complexity index is 1190. The maximum atomic E-state index is 12.9. The van der Waals surface area contributed by atoms with Gasteiger partial charge in [0.2, 0.25) is 5.91 Å². The lowest BCUT2D eigenvalue weighted by atomic mass is 10.1. The van der Waals surface area contributed by atoms with Crippen LogP contribution in [0.15, 0.2) is 66.7 Å². The van der Waals surface area contributed by atoms with Gasteiger partial charge in [0.15, 0.2) is 0 Å². The van der Waals surface area contributed by atoms with Gasteiger partial charge in [-0.3, -0.25) is 14.4 Å². The summed E-state index contributed by atoms with van der Waals surface area (Å²) in [6.45, 7) is 3.58. The average molecular weight is 462 g/mol. The Morgan fingerprint density at radius 1 is 0.676 bits per heavy atom. The van der Waals surface area contributed by atoms with E-state index in [2.05, 4.69) is 16.0 Å². The molecule has 3 aromatic rings. The standard InChI is InChI=1S/C26H27N3O5/c1-16(2)24(30)27-19-12-8-11-18(13-19)26(32)29-21-15-22(33-3)20(14-23(21)34-4)28-25(31)17-9-6-5-7-10-17/h5-16H,1-4H3,(H,27,30)(H,28,31)(H,29,32). The Labute approximate surface area is 198 Å². The minimum atomic E-state index is -0.401. The van der Waals surface area contributed by atoms with Crippen LogP contribution in [-0.4, -0.2) is 31.9 Å². The summed E-state index contributed by atoms with van der Waals surface area (Å²) in [5.74, 6) is -0.354. The van der Waals surface area contributed by atoms with Crippen molar-refractivity contribution in [3.63, 3.8) is 0 Å². The molecule has 0 fully saturated rings. The van der Waals surface area contributed by atoms with E-state index < -0.39 is 5.91 Å². The molecule has 8 heteroatoms. The Morgan fingerprint density at radius 2 is 1.21 bits per heavy atom. The maximum Gasteiger partial charge on any atom is 0.255 e. The molecule has 0 saturated carbocycles. The summed E-state index contributed by atoms with van der Waals surface area (Å²) < 4.78 is 10.9. The Kier molecular flexibility index (Phi) is 7.87. The number of benzene rings is 3. The summed E-state index contributed by atoms with van der Waals surface area (Å²) in [7, 11) is 2.93. The Morgan fingerprint density at radius 3 is 1.74 bits per heavy atom. The molecule has 3 N–H and O–H groups in total. The molecule has 8 nitrogen and oxygen atoms in total. The number of anilines is 3. The van der Waals surface area contributed by atoms with Crippen LogP contribution in [0.3, 0.4) is 0 Å². The lowest BCUT2D eigenvalue weighted by Crippen LogP contribution is -2.18. The molecule has 0 radical (unpaired) electrons. The first-order chi connectivity index (χ1) is 16.3. The highest BCUT2D eigenvalue weighted by Gasteiger charge is 2.17. The van der Waals surface area contributed by atoms with Crippen molar-refractivity contribution < 1.29 is 23.9 Å². The number of nitrogens with one attached hydrogen (secondary N) is 3.